The normalized spacial score (nSPS) is 11.1. The van der Waals surface area contributed by atoms with Crippen molar-refractivity contribution in [2.24, 2.45) is 0 Å². The Labute approximate surface area is 107 Å². The van der Waals surface area contributed by atoms with Gasteiger partial charge in [-0.05, 0) is 38.5 Å². The van der Waals surface area contributed by atoms with E-state index < -0.39 is 0 Å². The van der Waals surface area contributed by atoms with Crippen molar-refractivity contribution in [2.75, 3.05) is 0 Å². The molecular weight excluding hydrogens is 226 g/mol. The van der Waals surface area contributed by atoms with Gasteiger partial charge in [-0.1, -0.05) is 0 Å². The Morgan fingerprint density at radius 3 is 2.94 bits per heavy atom. The van der Waals surface area contributed by atoms with Gasteiger partial charge in [0.2, 0.25) is 5.91 Å². The molecule has 0 aliphatic rings. The first kappa shape index (κ1) is 12.6. The molecule has 0 aliphatic carbocycles. The zero-order chi connectivity index (χ0) is 13.1. The lowest BCUT2D eigenvalue weighted by Crippen LogP contribution is -2.31. The van der Waals surface area contributed by atoms with Crippen molar-refractivity contribution in [3.05, 3.63) is 30.1 Å². The molecule has 0 atom stereocenters. The summed E-state index contributed by atoms with van der Waals surface area (Å²) in [5.41, 5.74) is 1.99. The molecule has 0 spiro atoms. The quantitative estimate of drug-likeness (QED) is 0.897. The molecule has 4 heteroatoms. The second-order valence-electron chi connectivity index (χ2n) is 4.71. The summed E-state index contributed by atoms with van der Waals surface area (Å²) in [6, 6.07) is 4.11. The van der Waals surface area contributed by atoms with Gasteiger partial charge in [0.05, 0.1) is 6.42 Å². The van der Waals surface area contributed by atoms with Crippen molar-refractivity contribution < 1.29 is 4.79 Å². The largest absolute Gasteiger partial charge is 0.354 e. The lowest BCUT2D eigenvalue weighted by molar-refractivity contribution is -0.120. The topological polar surface area (TPSA) is 46.9 Å². The van der Waals surface area contributed by atoms with Crippen molar-refractivity contribution in [3.63, 3.8) is 0 Å². The maximum atomic E-state index is 11.8. The summed E-state index contributed by atoms with van der Waals surface area (Å²) in [5.74, 6) is 0.0593. The van der Waals surface area contributed by atoms with Crippen LogP contribution in [0.25, 0.3) is 11.0 Å². The maximum Gasteiger partial charge on any atom is 0.224 e. The van der Waals surface area contributed by atoms with Crippen LogP contribution in [0.3, 0.4) is 0 Å². The third-order valence-electron chi connectivity index (χ3n) is 2.86. The Hall–Kier alpha value is -1.84. The molecule has 0 unspecified atom stereocenters. The molecule has 2 aromatic rings. The molecule has 2 aromatic heterocycles. The number of hydrogen-bond donors (Lipinski definition) is 1. The van der Waals surface area contributed by atoms with Gasteiger partial charge >= 0.3 is 0 Å². The van der Waals surface area contributed by atoms with Crippen LogP contribution in [0.2, 0.25) is 0 Å². The van der Waals surface area contributed by atoms with Crippen LogP contribution in [0, 0.1) is 0 Å². The van der Waals surface area contributed by atoms with Crippen LogP contribution in [0.5, 0.6) is 0 Å². The third kappa shape index (κ3) is 2.53. The predicted molar refractivity (Wildman–Crippen MR) is 72.4 cm³/mol. The minimum atomic E-state index is 0.0593. The van der Waals surface area contributed by atoms with Gasteiger partial charge in [-0.2, -0.15) is 0 Å². The summed E-state index contributed by atoms with van der Waals surface area (Å²) in [6.45, 7) is 6.87. The van der Waals surface area contributed by atoms with Gasteiger partial charge in [0.1, 0.15) is 5.65 Å². The van der Waals surface area contributed by atoms with Crippen LogP contribution >= 0.6 is 0 Å². The fourth-order valence-corrected chi connectivity index (χ4v) is 2.12. The average Bonchev–Trinajstić information content (AvgIpc) is 2.67. The highest BCUT2D eigenvalue weighted by Crippen LogP contribution is 2.19. The molecule has 0 bridgehead atoms. The minimum absolute atomic E-state index is 0.0593. The van der Waals surface area contributed by atoms with Crippen LogP contribution in [-0.4, -0.2) is 21.5 Å². The van der Waals surface area contributed by atoms with Crippen molar-refractivity contribution in [1.29, 1.82) is 0 Å². The first-order valence-corrected chi connectivity index (χ1v) is 6.34. The monoisotopic (exact) mass is 245 g/mol. The molecule has 4 nitrogen and oxygen atoms in total. The highest BCUT2D eigenvalue weighted by atomic mass is 16.1. The summed E-state index contributed by atoms with van der Waals surface area (Å²) in [6.07, 6.45) is 4.22. The molecule has 2 rings (SSSR count). The number of fused-ring (bicyclic) bond motifs is 1. The summed E-state index contributed by atoms with van der Waals surface area (Å²) in [7, 11) is 0. The van der Waals surface area contributed by atoms with E-state index in [1.807, 2.05) is 32.2 Å². The Morgan fingerprint density at radius 1 is 1.50 bits per heavy atom. The molecule has 1 amide bonds. The van der Waals surface area contributed by atoms with Gasteiger partial charge in [0.15, 0.2) is 0 Å². The molecular formula is C14H19N3O. The van der Waals surface area contributed by atoms with E-state index in [-0.39, 0.29) is 11.9 Å². The number of amides is 1. The fraction of sp³-hybridized carbons (Fsp3) is 0.429. The number of pyridine rings is 1. The van der Waals surface area contributed by atoms with E-state index in [1.165, 1.54) is 0 Å². The molecule has 2 heterocycles. The third-order valence-corrected chi connectivity index (χ3v) is 2.86. The van der Waals surface area contributed by atoms with E-state index in [9.17, 15) is 4.79 Å². The SMILES string of the molecule is CCn1cc(CC(=O)NC(C)C)c2cccnc21. The van der Waals surface area contributed by atoms with Gasteiger partial charge < -0.3 is 9.88 Å². The van der Waals surface area contributed by atoms with E-state index in [1.54, 1.807) is 6.20 Å². The number of aromatic nitrogens is 2. The average molecular weight is 245 g/mol. The molecule has 0 saturated heterocycles. The molecule has 0 aromatic carbocycles. The minimum Gasteiger partial charge on any atom is -0.354 e. The second kappa shape index (κ2) is 5.21. The van der Waals surface area contributed by atoms with Crippen molar-refractivity contribution in [2.45, 2.75) is 39.8 Å². The lowest BCUT2D eigenvalue weighted by Gasteiger charge is -2.07. The number of carbonyl (C=O) groups is 1. The van der Waals surface area contributed by atoms with Gasteiger partial charge in [-0.3, -0.25) is 4.79 Å². The molecule has 1 N–H and O–H groups in total. The summed E-state index contributed by atoms with van der Waals surface area (Å²) in [4.78, 5) is 16.2. The maximum absolute atomic E-state index is 11.8. The molecule has 0 saturated carbocycles. The number of nitrogens with zero attached hydrogens (tertiary/aromatic N) is 2. The summed E-state index contributed by atoms with van der Waals surface area (Å²) >= 11 is 0. The Balaban J connectivity index is 2.31. The van der Waals surface area contributed by atoms with E-state index in [4.69, 9.17) is 0 Å². The fourth-order valence-electron chi connectivity index (χ4n) is 2.12. The highest BCUT2D eigenvalue weighted by molar-refractivity contribution is 5.87. The molecule has 96 valence electrons. The Kier molecular flexibility index (Phi) is 3.65. The zero-order valence-electron chi connectivity index (χ0n) is 11.1. The number of rotatable bonds is 4. The summed E-state index contributed by atoms with van der Waals surface area (Å²) < 4.78 is 2.08. The molecule has 0 radical (unpaired) electrons. The van der Waals surface area contributed by atoms with Crippen LogP contribution in [0.15, 0.2) is 24.5 Å². The Morgan fingerprint density at radius 2 is 2.28 bits per heavy atom. The van der Waals surface area contributed by atoms with Crippen LogP contribution in [-0.2, 0) is 17.8 Å². The van der Waals surface area contributed by atoms with Crippen molar-refractivity contribution in [1.82, 2.24) is 14.9 Å². The Bertz CT molecular complexity index is 557. The van der Waals surface area contributed by atoms with Crippen LogP contribution in [0.4, 0.5) is 0 Å². The standard InChI is InChI=1S/C14H19N3O/c1-4-17-9-11(8-13(18)16-10(2)3)12-6-5-7-15-14(12)17/h5-7,9-10H,4,8H2,1-3H3,(H,16,18). The first-order chi connectivity index (χ1) is 8.61. The van der Waals surface area contributed by atoms with E-state index in [0.29, 0.717) is 6.42 Å². The number of nitrogens with one attached hydrogen (secondary N) is 1. The predicted octanol–water partition coefficient (Wildman–Crippen LogP) is 2.12. The smallest absolute Gasteiger partial charge is 0.224 e. The van der Waals surface area contributed by atoms with Gasteiger partial charge in [-0.15, -0.1) is 0 Å². The molecule has 0 aliphatic heterocycles. The van der Waals surface area contributed by atoms with Crippen LogP contribution in [0.1, 0.15) is 26.3 Å². The van der Waals surface area contributed by atoms with Gasteiger partial charge in [0.25, 0.3) is 0 Å². The van der Waals surface area contributed by atoms with E-state index in [2.05, 4.69) is 21.8 Å². The van der Waals surface area contributed by atoms with Crippen molar-refractivity contribution >= 4 is 16.9 Å². The molecule has 18 heavy (non-hydrogen) atoms. The number of hydrogen-bond acceptors (Lipinski definition) is 2. The van der Waals surface area contributed by atoms with Gasteiger partial charge in [0, 0.05) is 30.4 Å². The summed E-state index contributed by atoms with van der Waals surface area (Å²) in [5, 5.41) is 3.98. The zero-order valence-corrected chi connectivity index (χ0v) is 11.1. The van der Waals surface area contributed by atoms with Crippen molar-refractivity contribution in [3.8, 4) is 0 Å². The number of carbonyl (C=O) groups excluding carboxylic acids is 1. The van der Waals surface area contributed by atoms with E-state index >= 15 is 0 Å². The van der Waals surface area contributed by atoms with Crippen LogP contribution < -0.4 is 5.32 Å². The lowest BCUT2D eigenvalue weighted by atomic mass is 10.1. The van der Waals surface area contributed by atoms with Gasteiger partial charge in [-0.25, -0.2) is 4.98 Å². The molecule has 0 fully saturated rings. The van der Waals surface area contributed by atoms with E-state index in [0.717, 1.165) is 23.1 Å². The number of aryl methyl sites for hydroxylation is 1. The highest BCUT2D eigenvalue weighted by Gasteiger charge is 2.12. The second-order valence-corrected chi connectivity index (χ2v) is 4.71. The first-order valence-electron chi connectivity index (χ1n) is 6.34.